The van der Waals surface area contributed by atoms with Crippen molar-refractivity contribution >= 4 is 0 Å². The van der Waals surface area contributed by atoms with Gasteiger partial charge in [0.05, 0.1) is 6.04 Å². The van der Waals surface area contributed by atoms with Crippen LogP contribution < -0.4 is 5.73 Å². The Morgan fingerprint density at radius 3 is 2.76 bits per heavy atom. The van der Waals surface area contributed by atoms with Crippen LogP contribution in [0.25, 0.3) is 11.5 Å². The molecule has 1 heterocycles. The monoisotopic (exact) mass is 235 g/mol. The minimum atomic E-state index is -0.320. The Bertz CT molecular complexity index is 504. The van der Waals surface area contributed by atoms with Gasteiger partial charge in [0.1, 0.15) is 5.82 Å². The first-order valence-corrected chi connectivity index (χ1v) is 5.46. The summed E-state index contributed by atoms with van der Waals surface area (Å²) in [5.74, 6) is 0.357. The van der Waals surface area contributed by atoms with Crippen molar-refractivity contribution in [1.29, 1.82) is 0 Å². The minimum absolute atomic E-state index is 0.272. The van der Waals surface area contributed by atoms with Gasteiger partial charge in [0, 0.05) is 5.56 Å². The molecular formula is C12H14FN3O. The Balaban J connectivity index is 2.36. The second-order valence-electron chi connectivity index (χ2n) is 3.98. The lowest BCUT2D eigenvalue weighted by atomic mass is 10.1. The lowest BCUT2D eigenvalue weighted by Gasteiger charge is -2.01. The van der Waals surface area contributed by atoms with E-state index in [0.29, 0.717) is 23.8 Å². The van der Waals surface area contributed by atoms with Crippen LogP contribution in [-0.2, 0) is 0 Å². The van der Waals surface area contributed by atoms with Crippen molar-refractivity contribution in [3.8, 4) is 11.5 Å². The van der Waals surface area contributed by atoms with Crippen molar-refractivity contribution in [3.05, 3.63) is 35.5 Å². The molecule has 1 atom stereocenters. The second kappa shape index (κ2) is 4.63. The van der Waals surface area contributed by atoms with Crippen LogP contribution in [0.1, 0.15) is 30.8 Å². The summed E-state index contributed by atoms with van der Waals surface area (Å²) >= 11 is 0. The predicted octanol–water partition coefficient (Wildman–Crippen LogP) is 2.59. The number of hydrogen-bond donors (Lipinski definition) is 1. The van der Waals surface area contributed by atoms with E-state index in [2.05, 4.69) is 10.2 Å². The summed E-state index contributed by atoms with van der Waals surface area (Å²) < 4.78 is 18.6. The number of hydrogen-bond acceptors (Lipinski definition) is 4. The van der Waals surface area contributed by atoms with E-state index in [0.717, 1.165) is 5.56 Å². The standard InChI is InChI=1S/C12H14FN3O/c1-3-10(14)12-16-15-11(17-12)8-4-7(2)5-9(13)6-8/h4-6,10H,3,14H2,1-2H3. The van der Waals surface area contributed by atoms with E-state index < -0.39 is 0 Å². The van der Waals surface area contributed by atoms with Gasteiger partial charge in [-0.1, -0.05) is 6.92 Å². The zero-order chi connectivity index (χ0) is 12.4. The van der Waals surface area contributed by atoms with Gasteiger partial charge in [0.2, 0.25) is 11.8 Å². The van der Waals surface area contributed by atoms with Crippen LogP contribution in [0, 0.1) is 12.7 Å². The highest BCUT2D eigenvalue weighted by Crippen LogP contribution is 2.22. The molecule has 0 aliphatic carbocycles. The van der Waals surface area contributed by atoms with E-state index in [4.69, 9.17) is 10.2 Å². The number of rotatable bonds is 3. The second-order valence-corrected chi connectivity index (χ2v) is 3.98. The summed E-state index contributed by atoms with van der Waals surface area (Å²) in [6, 6.07) is 4.32. The maximum atomic E-state index is 13.2. The van der Waals surface area contributed by atoms with Crippen LogP contribution in [0.5, 0.6) is 0 Å². The van der Waals surface area contributed by atoms with Crippen molar-refractivity contribution in [3.63, 3.8) is 0 Å². The first kappa shape index (κ1) is 11.7. The van der Waals surface area contributed by atoms with Crippen LogP contribution in [0.4, 0.5) is 4.39 Å². The van der Waals surface area contributed by atoms with Crippen LogP contribution in [0.3, 0.4) is 0 Å². The summed E-state index contributed by atoms with van der Waals surface area (Å²) in [5, 5.41) is 7.73. The average molecular weight is 235 g/mol. The molecule has 0 spiro atoms. The van der Waals surface area contributed by atoms with Gasteiger partial charge in [0.25, 0.3) is 0 Å². The molecule has 0 fully saturated rings. The number of nitrogens with two attached hydrogens (primary N) is 1. The summed E-state index contributed by atoms with van der Waals surface area (Å²) in [7, 11) is 0. The van der Waals surface area contributed by atoms with Crippen molar-refractivity contribution < 1.29 is 8.81 Å². The lowest BCUT2D eigenvalue weighted by Crippen LogP contribution is -2.08. The van der Waals surface area contributed by atoms with Gasteiger partial charge in [0.15, 0.2) is 0 Å². The Labute approximate surface area is 98.7 Å². The van der Waals surface area contributed by atoms with Crippen molar-refractivity contribution in [2.24, 2.45) is 5.73 Å². The summed E-state index contributed by atoms with van der Waals surface area (Å²) in [5.41, 5.74) is 7.15. The first-order chi connectivity index (χ1) is 8.10. The van der Waals surface area contributed by atoms with E-state index in [1.54, 1.807) is 6.07 Å². The van der Waals surface area contributed by atoms with Gasteiger partial charge in [-0.05, 0) is 37.1 Å². The lowest BCUT2D eigenvalue weighted by molar-refractivity contribution is 0.452. The van der Waals surface area contributed by atoms with Gasteiger partial charge < -0.3 is 10.2 Å². The maximum absolute atomic E-state index is 13.2. The van der Waals surface area contributed by atoms with E-state index in [9.17, 15) is 4.39 Å². The number of aryl methyl sites for hydroxylation is 1. The molecule has 0 aliphatic heterocycles. The molecule has 0 amide bonds. The highest BCUT2D eigenvalue weighted by Gasteiger charge is 2.14. The van der Waals surface area contributed by atoms with Crippen LogP contribution in [0.2, 0.25) is 0 Å². The zero-order valence-corrected chi connectivity index (χ0v) is 9.77. The third-order valence-electron chi connectivity index (χ3n) is 2.49. The molecule has 0 aliphatic rings. The van der Waals surface area contributed by atoms with Crippen molar-refractivity contribution in [1.82, 2.24) is 10.2 Å². The fraction of sp³-hybridized carbons (Fsp3) is 0.333. The Hall–Kier alpha value is -1.75. The van der Waals surface area contributed by atoms with E-state index in [1.165, 1.54) is 12.1 Å². The molecule has 4 nitrogen and oxygen atoms in total. The summed E-state index contributed by atoms with van der Waals surface area (Å²) in [4.78, 5) is 0. The third kappa shape index (κ3) is 2.50. The molecule has 0 radical (unpaired) electrons. The molecule has 2 aromatic rings. The van der Waals surface area contributed by atoms with Gasteiger partial charge in [-0.3, -0.25) is 0 Å². The third-order valence-corrected chi connectivity index (χ3v) is 2.49. The molecule has 1 unspecified atom stereocenters. The van der Waals surface area contributed by atoms with Crippen LogP contribution >= 0.6 is 0 Å². The Morgan fingerprint density at radius 2 is 2.12 bits per heavy atom. The molecular weight excluding hydrogens is 221 g/mol. The van der Waals surface area contributed by atoms with Crippen molar-refractivity contribution in [2.75, 3.05) is 0 Å². The quantitative estimate of drug-likeness (QED) is 0.888. The largest absolute Gasteiger partial charge is 0.419 e. The molecule has 1 aromatic heterocycles. The molecule has 5 heteroatoms. The van der Waals surface area contributed by atoms with Crippen molar-refractivity contribution in [2.45, 2.75) is 26.3 Å². The smallest absolute Gasteiger partial charge is 0.247 e. The highest BCUT2D eigenvalue weighted by atomic mass is 19.1. The van der Waals surface area contributed by atoms with Crippen LogP contribution in [-0.4, -0.2) is 10.2 Å². The molecule has 0 saturated heterocycles. The minimum Gasteiger partial charge on any atom is -0.419 e. The maximum Gasteiger partial charge on any atom is 0.247 e. The molecule has 0 saturated carbocycles. The topological polar surface area (TPSA) is 64.9 Å². The number of halogens is 1. The number of nitrogens with zero attached hydrogens (tertiary/aromatic N) is 2. The first-order valence-electron chi connectivity index (χ1n) is 5.46. The van der Waals surface area contributed by atoms with E-state index >= 15 is 0 Å². The van der Waals surface area contributed by atoms with Crippen LogP contribution in [0.15, 0.2) is 22.6 Å². The van der Waals surface area contributed by atoms with Gasteiger partial charge in [-0.2, -0.15) is 0 Å². The Morgan fingerprint density at radius 1 is 1.35 bits per heavy atom. The summed E-state index contributed by atoms with van der Waals surface area (Å²) in [6.45, 7) is 3.74. The zero-order valence-electron chi connectivity index (χ0n) is 9.77. The van der Waals surface area contributed by atoms with Gasteiger partial charge in [-0.15, -0.1) is 10.2 Å². The summed E-state index contributed by atoms with van der Waals surface area (Å²) in [6.07, 6.45) is 0.712. The average Bonchev–Trinajstić information content (AvgIpc) is 2.76. The van der Waals surface area contributed by atoms with Gasteiger partial charge in [-0.25, -0.2) is 4.39 Å². The van der Waals surface area contributed by atoms with E-state index in [1.807, 2.05) is 13.8 Å². The molecule has 17 heavy (non-hydrogen) atoms. The number of benzene rings is 1. The fourth-order valence-electron chi connectivity index (χ4n) is 1.54. The molecule has 2 N–H and O–H groups in total. The highest BCUT2D eigenvalue weighted by molar-refractivity contribution is 5.53. The predicted molar refractivity (Wildman–Crippen MR) is 61.6 cm³/mol. The molecule has 2 rings (SSSR count). The van der Waals surface area contributed by atoms with Gasteiger partial charge >= 0.3 is 0 Å². The molecule has 1 aromatic carbocycles. The Kier molecular flexibility index (Phi) is 3.19. The molecule has 0 bridgehead atoms. The number of aromatic nitrogens is 2. The molecule has 90 valence electrons. The SMILES string of the molecule is CCC(N)c1nnc(-c2cc(C)cc(F)c2)o1. The normalized spacial score (nSPS) is 12.7. The fourth-order valence-corrected chi connectivity index (χ4v) is 1.54. The van der Waals surface area contributed by atoms with E-state index in [-0.39, 0.29) is 11.9 Å².